The number of hydrogen-bond acceptors (Lipinski definition) is 7. The first-order valence-electron chi connectivity index (χ1n) is 18.5. The fourth-order valence-corrected chi connectivity index (χ4v) is 9.47. The van der Waals surface area contributed by atoms with E-state index in [4.69, 9.17) is 20.8 Å². The number of anilines is 2. The number of alkyl halides is 1. The standard InChI is InChI=1S/C31H40FN7.C8H14FN/c1-6-27-34-26-17-31(11-7-9-22-19(2)15-24(33)29(32)28(22)31)12-10-23(26)30(35-27)38-13-8-14-39-21(18-38)16-25(36-39)20(3)37(4)5;1-8-3-2-4-10(8)6-7(9)5-8/h15-16H,3,6-14,17-18,33H2,1-2,4-5H3;7H,2-6H2,1H3. The average molecular weight is 673 g/mol. The van der Waals surface area contributed by atoms with E-state index in [0.29, 0.717) is 6.54 Å². The van der Waals surface area contributed by atoms with Crippen LogP contribution in [0, 0.1) is 12.7 Å². The Labute approximate surface area is 290 Å². The summed E-state index contributed by atoms with van der Waals surface area (Å²) in [6, 6.07) is 3.97. The van der Waals surface area contributed by atoms with Crippen molar-refractivity contribution in [3.8, 4) is 0 Å². The predicted molar refractivity (Wildman–Crippen MR) is 193 cm³/mol. The van der Waals surface area contributed by atoms with Crippen LogP contribution in [0.3, 0.4) is 0 Å². The van der Waals surface area contributed by atoms with Crippen LogP contribution in [0.4, 0.5) is 20.3 Å². The largest absolute Gasteiger partial charge is 0.396 e. The molecule has 0 saturated carbocycles. The maximum absolute atomic E-state index is 15.7. The highest BCUT2D eigenvalue weighted by Crippen LogP contribution is 2.50. The van der Waals surface area contributed by atoms with Gasteiger partial charge in [0.1, 0.15) is 29.3 Å². The Morgan fingerprint density at radius 1 is 1.06 bits per heavy atom. The van der Waals surface area contributed by atoms with Gasteiger partial charge < -0.3 is 15.5 Å². The molecule has 5 aliphatic rings. The molecule has 2 aromatic heterocycles. The van der Waals surface area contributed by atoms with Crippen LogP contribution in [0.5, 0.6) is 0 Å². The molecule has 2 saturated heterocycles. The van der Waals surface area contributed by atoms with Gasteiger partial charge in [-0.2, -0.15) is 5.10 Å². The fourth-order valence-electron chi connectivity index (χ4n) is 9.47. The quantitative estimate of drug-likeness (QED) is 0.315. The molecule has 1 spiro atoms. The van der Waals surface area contributed by atoms with E-state index in [1.54, 1.807) is 0 Å². The molecule has 5 heterocycles. The van der Waals surface area contributed by atoms with Crippen LogP contribution in [0.15, 0.2) is 18.7 Å². The molecule has 2 N–H and O–H groups in total. The number of nitrogens with zero attached hydrogens (tertiary/aromatic N) is 7. The van der Waals surface area contributed by atoms with Crippen molar-refractivity contribution < 1.29 is 8.78 Å². The Bertz CT molecular complexity index is 1750. The molecule has 3 aliphatic heterocycles. The van der Waals surface area contributed by atoms with Crippen LogP contribution in [-0.2, 0) is 44.2 Å². The second kappa shape index (κ2) is 13.0. The zero-order valence-electron chi connectivity index (χ0n) is 30.2. The Hall–Kier alpha value is -3.53. The Morgan fingerprint density at radius 2 is 1.88 bits per heavy atom. The highest BCUT2D eigenvalue weighted by Gasteiger charge is 2.45. The topological polar surface area (TPSA) is 79.3 Å². The number of nitrogens with two attached hydrogens (primary N) is 1. The number of fused-ring (bicyclic) bond motifs is 5. The molecular formula is C39H54F2N8. The van der Waals surface area contributed by atoms with Crippen LogP contribution in [0.1, 0.15) is 104 Å². The van der Waals surface area contributed by atoms with Crippen LogP contribution in [0.25, 0.3) is 5.70 Å². The van der Waals surface area contributed by atoms with Gasteiger partial charge in [-0.3, -0.25) is 9.58 Å². The third kappa shape index (κ3) is 6.12. The van der Waals surface area contributed by atoms with Gasteiger partial charge in [-0.25, -0.2) is 18.7 Å². The van der Waals surface area contributed by atoms with Crippen molar-refractivity contribution in [1.29, 1.82) is 0 Å². The second-order valence-corrected chi connectivity index (χ2v) is 15.7. The van der Waals surface area contributed by atoms with Crippen molar-refractivity contribution in [2.75, 3.05) is 44.4 Å². The van der Waals surface area contributed by atoms with Gasteiger partial charge in [0, 0.05) is 62.2 Å². The van der Waals surface area contributed by atoms with E-state index in [1.165, 1.54) is 24.1 Å². The van der Waals surface area contributed by atoms with Crippen molar-refractivity contribution in [1.82, 2.24) is 29.5 Å². The summed E-state index contributed by atoms with van der Waals surface area (Å²) in [5.41, 5.74) is 14.9. The molecule has 2 aliphatic carbocycles. The number of nitrogen functional groups attached to an aromatic ring is 1. The molecular weight excluding hydrogens is 618 g/mol. The molecule has 3 aromatic rings. The van der Waals surface area contributed by atoms with Crippen molar-refractivity contribution in [2.24, 2.45) is 0 Å². The first-order chi connectivity index (χ1) is 23.4. The number of halogens is 2. The molecule has 49 heavy (non-hydrogen) atoms. The summed E-state index contributed by atoms with van der Waals surface area (Å²) < 4.78 is 30.7. The monoisotopic (exact) mass is 672 g/mol. The summed E-state index contributed by atoms with van der Waals surface area (Å²) in [7, 11) is 4.00. The van der Waals surface area contributed by atoms with Gasteiger partial charge >= 0.3 is 0 Å². The van der Waals surface area contributed by atoms with E-state index in [1.807, 2.05) is 25.1 Å². The van der Waals surface area contributed by atoms with Crippen molar-refractivity contribution in [3.05, 3.63) is 69.7 Å². The van der Waals surface area contributed by atoms with E-state index in [-0.39, 0.29) is 22.5 Å². The number of benzene rings is 1. The summed E-state index contributed by atoms with van der Waals surface area (Å²) in [6.45, 7) is 14.9. The van der Waals surface area contributed by atoms with Crippen LogP contribution < -0.4 is 10.6 Å². The maximum atomic E-state index is 15.7. The Morgan fingerprint density at radius 3 is 2.63 bits per heavy atom. The van der Waals surface area contributed by atoms with Gasteiger partial charge in [0.2, 0.25) is 0 Å². The lowest BCUT2D eigenvalue weighted by atomic mass is 9.61. The molecule has 0 radical (unpaired) electrons. The lowest BCUT2D eigenvalue weighted by molar-refractivity contribution is 0.217. The Balaban J connectivity index is 0.000000322. The van der Waals surface area contributed by atoms with E-state index in [2.05, 4.69) is 47.9 Å². The van der Waals surface area contributed by atoms with Crippen LogP contribution in [0.2, 0.25) is 0 Å². The lowest BCUT2D eigenvalue weighted by Crippen LogP contribution is -2.40. The zero-order chi connectivity index (χ0) is 34.7. The van der Waals surface area contributed by atoms with E-state index >= 15 is 4.39 Å². The number of hydrogen-bond donors (Lipinski definition) is 1. The zero-order valence-corrected chi connectivity index (χ0v) is 30.2. The molecule has 0 amide bonds. The summed E-state index contributed by atoms with van der Waals surface area (Å²) in [5.74, 6) is 1.70. The van der Waals surface area contributed by atoms with Gasteiger partial charge in [0.25, 0.3) is 0 Å². The summed E-state index contributed by atoms with van der Waals surface area (Å²) in [5, 5.41) is 4.85. The molecule has 8 nitrogen and oxygen atoms in total. The molecule has 2 fully saturated rings. The fraction of sp³-hybridized carbons (Fsp3) is 0.615. The third-order valence-electron chi connectivity index (χ3n) is 12.2. The van der Waals surface area contributed by atoms with Gasteiger partial charge in [0.15, 0.2) is 0 Å². The van der Waals surface area contributed by atoms with Crippen molar-refractivity contribution in [3.63, 3.8) is 0 Å². The third-order valence-corrected chi connectivity index (χ3v) is 12.2. The maximum Gasteiger partial charge on any atom is 0.150 e. The van der Waals surface area contributed by atoms with Crippen LogP contribution in [-0.4, -0.2) is 75.0 Å². The molecule has 1 aromatic carbocycles. The minimum Gasteiger partial charge on any atom is -0.396 e. The number of rotatable bonds is 4. The molecule has 8 rings (SSSR count). The van der Waals surface area contributed by atoms with Gasteiger partial charge in [-0.1, -0.05) is 13.5 Å². The summed E-state index contributed by atoms with van der Waals surface area (Å²) in [6.07, 6.45) is 9.90. The van der Waals surface area contributed by atoms with Crippen molar-refractivity contribution in [2.45, 2.75) is 122 Å². The first-order valence-corrected chi connectivity index (χ1v) is 18.5. The molecule has 3 unspecified atom stereocenters. The minimum atomic E-state index is -0.551. The van der Waals surface area contributed by atoms with Crippen LogP contribution >= 0.6 is 0 Å². The predicted octanol–water partition coefficient (Wildman–Crippen LogP) is 6.55. The first kappa shape index (κ1) is 33.9. The SMILES string of the molecule is C=C(c1cc2n(n1)CCCN(c1nc(CC)nc3c1CCC1(CCCc4c(C)cc(N)c(F)c41)C3)C2)N(C)C.CC12CCCN1CC(F)C2. The lowest BCUT2D eigenvalue weighted by Gasteiger charge is -2.44. The van der Waals surface area contributed by atoms with Gasteiger partial charge in [0.05, 0.1) is 29.3 Å². The average Bonchev–Trinajstić information content (AvgIpc) is 3.67. The van der Waals surface area contributed by atoms with Gasteiger partial charge in [-0.05, 0) is 108 Å². The summed E-state index contributed by atoms with van der Waals surface area (Å²) >= 11 is 0. The highest BCUT2D eigenvalue weighted by atomic mass is 19.1. The normalized spacial score (nSPS) is 25.9. The van der Waals surface area contributed by atoms with Gasteiger partial charge in [-0.15, -0.1) is 0 Å². The molecule has 3 atom stereocenters. The van der Waals surface area contributed by atoms with Crippen molar-refractivity contribution >= 4 is 17.2 Å². The smallest absolute Gasteiger partial charge is 0.150 e. The molecule has 0 bridgehead atoms. The molecule has 264 valence electrons. The number of aromatic nitrogens is 4. The Kier molecular flexibility index (Phi) is 8.99. The highest BCUT2D eigenvalue weighted by molar-refractivity contribution is 5.60. The van der Waals surface area contributed by atoms with E-state index in [0.717, 1.165) is 129 Å². The molecule has 10 heteroatoms. The second-order valence-electron chi connectivity index (χ2n) is 15.7. The summed E-state index contributed by atoms with van der Waals surface area (Å²) in [4.78, 5) is 16.9. The van der Waals surface area contributed by atoms with E-state index < -0.39 is 6.17 Å². The number of aryl methyl sites for hydroxylation is 3. The minimum absolute atomic E-state index is 0.209. The van der Waals surface area contributed by atoms with E-state index in [9.17, 15) is 4.39 Å².